The lowest BCUT2D eigenvalue weighted by Crippen LogP contribution is -2.28. The lowest BCUT2D eigenvalue weighted by molar-refractivity contribution is -0.490. The molecule has 1 amide bonds. The van der Waals surface area contributed by atoms with Crippen molar-refractivity contribution in [3.8, 4) is 0 Å². The van der Waals surface area contributed by atoms with Gasteiger partial charge in [0.1, 0.15) is 11.6 Å². The van der Waals surface area contributed by atoms with Crippen molar-refractivity contribution in [3.63, 3.8) is 0 Å². The van der Waals surface area contributed by atoms with Crippen molar-refractivity contribution in [2.24, 2.45) is 17.8 Å². The molecule has 1 aromatic carbocycles. The van der Waals surface area contributed by atoms with E-state index >= 15 is 0 Å². The van der Waals surface area contributed by atoms with Crippen LogP contribution in [0.5, 0.6) is 0 Å². The molecule has 0 saturated heterocycles. The summed E-state index contributed by atoms with van der Waals surface area (Å²) in [6, 6.07) is 3.59. The fourth-order valence-electron chi connectivity index (χ4n) is 3.16. The van der Waals surface area contributed by atoms with Crippen LogP contribution in [0.3, 0.4) is 0 Å². The van der Waals surface area contributed by atoms with Crippen molar-refractivity contribution >= 4 is 34.9 Å². The molecular weight excluding hydrogens is 383 g/mol. The van der Waals surface area contributed by atoms with Gasteiger partial charge in [-0.05, 0) is 24.1 Å². The molecule has 1 N–H and O–H groups in total. The summed E-state index contributed by atoms with van der Waals surface area (Å²) in [4.78, 5) is 46.0. The van der Waals surface area contributed by atoms with Crippen LogP contribution in [0.1, 0.15) is 19.8 Å². The number of benzene rings is 1. The first-order valence-corrected chi connectivity index (χ1v) is 8.60. The van der Waals surface area contributed by atoms with E-state index in [4.69, 9.17) is 16.3 Å². The first-order valence-electron chi connectivity index (χ1n) is 8.22. The number of nitro groups is 1. The Hall–Kier alpha value is -2.55. The summed E-state index contributed by atoms with van der Waals surface area (Å²) in [7, 11) is 0. The summed E-state index contributed by atoms with van der Waals surface area (Å²) < 4.78 is 18.4. The van der Waals surface area contributed by atoms with Gasteiger partial charge in [-0.3, -0.25) is 24.5 Å². The molecule has 10 heteroatoms. The van der Waals surface area contributed by atoms with Crippen LogP contribution in [-0.4, -0.2) is 35.7 Å². The Balaban J connectivity index is 1.87. The predicted molar refractivity (Wildman–Crippen MR) is 93.2 cm³/mol. The third-order valence-corrected chi connectivity index (χ3v) is 4.73. The summed E-state index contributed by atoms with van der Waals surface area (Å²) in [6.07, 6.45) is -0.161. The van der Waals surface area contributed by atoms with Gasteiger partial charge in [-0.15, -0.1) is 0 Å². The van der Waals surface area contributed by atoms with E-state index in [9.17, 15) is 28.9 Å². The molecule has 0 bridgehead atoms. The van der Waals surface area contributed by atoms with Crippen molar-refractivity contribution in [2.45, 2.75) is 19.8 Å². The van der Waals surface area contributed by atoms with E-state index in [2.05, 4.69) is 5.32 Å². The Morgan fingerprint density at radius 2 is 2.15 bits per heavy atom. The third-order valence-electron chi connectivity index (χ3n) is 4.50. The molecule has 27 heavy (non-hydrogen) atoms. The molecule has 0 aromatic heterocycles. The predicted octanol–water partition coefficient (Wildman–Crippen LogP) is 2.47. The minimum atomic E-state index is -0.822. The van der Waals surface area contributed by atoms with Crippen molar-refractivity contribution in [1.29, 1.82) is 0 Å². The van der Waals surface area contributed by atoms with Crippen molar-refractivity contribution in [3.05, 3.63) is 39.2 Å². The van der Waals surface area contributed by atoms with Crippen LogP contribution < -0.4 is 5.32 Å². The smallest absolute Gasteiger partial charge is 0.307 e. The summed E-state index contributed by atoms with van der Waals surface area (Å²) in [5.74, 6) is -4.07. The number of esters is 1. The highest BCUT2D eigenvalue weighted by Crippen LogP contribution is 2.36. The SMILES string of the molecule is C[C@H]1CC(=O)[C@@H](CC(=O)OCC(=O)Nc2cc(Cl)ccc2F)[C@@H]1C[N+](=O)[O-]. The van der Waals surface area contributed by atoms with Crippen LogP contribution in [-0.2, 0) is 19.1 Å². The highest BCUT2D eigenvalue weighted by atomic mass is 35.5. The van der Waals surface area contributed by atoms with E-state index in [0.29, 0.717) is 0 Å². The minimum absolute atomic E-state index is 0.158. The van der Waals surface area contributed by atoms with Gasteiger partial charge in [0, 0.05) is 28.2 Å². The maximum Gasteiger partial charge on any atom is 0.307 e. The molecule has 1 aliphatic rings. The monoisotopic (exact) mass is 400 g/mol. The van der Waals surface area contributed by atoms with Crippen LogP contribution in [0, 0.1) is 33.7 Å². The van der Waals surface area contributed by atoms with Crippen molar-refractivity contribution in [1.82, 2.24) is 0 Å². The molecule has 1 saturated carbocycles. The quantitative estimate of drug-likeness (QED) is 0.427. The number of Topliss-reactive ketones (excluding diaryl/α,β-unsaturated/α-hetero) is 1. The first kappa shape index (κ1) is 20.8. The number of rotatable bonds is 7. The van der Waals surface area contributed by atoms with Gasteiger partial charge < -0.3 is 10.1 Å². The molecule has 146 valence electrons. The molecule has 2 rings (SSSR count). The van der Waals surface area contributed by atoms with Gasteiger partial charge in [-0.2, -0.15) is 0 Å². The van der Waals surface area contributed by atoms with Crippen LogP contribution in [0.2, 0.25) is 5.02 Å². The second-order valence-corrected chi connectivity index (χ2v) is 6.91. The van der Waals surface area contributed by atoms with E-state index in [1.165, 1.54) is 12.1 Å². The van der Waals surface area contributed by atoms with Gasteiger partial charge in [0.2, 0.25) is 6.54 Å². The van der Waals surface area contributed by atoms with Gasteiger partial charge >= 0.3 is 5.97 Å². The summed E-state index contributed by atoms with van der Waals surface area (Å²) >= 11 is 5.71. The Labute approximate surface area is 159 Å². The number of nitrogens with one attached hydrogen (secondary N) is 1. The molecule has 1 aliphatic carbocycles. The molecule has 0 heterocycles. The normalized spacial score (nSPS) is 21.7. The minimum Gasteiger partial charge on any atom is -0.456 e. The number of amides is 1. The fourth-order valence-corrected chi connectivity index (χ4v) is 3.34. The first-order chi connectivity index (χ1) is 12.7. The molecule has 0 unspecified atom stereocenters. The third kappa shape index (κ3) is 5.72. The maximum atomic E-state index is 13.6. The van der Waals surface area contributed by atoms with Gasteiger partial charge in [0.15, 0.2) is 6.61 Å². The number of carbonyl (C=O) groups is 3. The topological polar surface area (TPSA) is 116 Å². The largest absolute Gasteiger partial charge is 0.456 e. The lowest BCUT2D eigenvalue weighted by atomic mass is 9.88. The van der Waals surface area contributed by atoms with E-state index in [1.54, 1.807) is 6.92 Å². The van der Waals surface area contributed by atoms with E-state index < -0.39 is 47.6 Å². The lowest BCUT2D eigenvalue weighted by Gasteiger charge is -2.17. The summed E-state index contributed by atoms with van der Waals surface area (Å²) in [5, 5.41) is 13.2. The van der Waals surface area contributed by atoms with Gasteiger partial charge in [-0.25, -0.2) is 4.39 Å². The van der Waals surface area contributed by atoms with Gasteiger partial charge in [-0.1, -0.05) is 18.5 Å². The van der Waals surface area contributed by atoms with Crippen LogP contribution in [0.4, 0.5) is 10.1 Å². The Morgan fingerprint density at radius 1 is 1.44 bits per heavy atom. The molecule has 0 aliphatic heterocycles. The second-order valence-electron chi connectivity index (χ2n) is 6.47. The highest BCUT2D eigenvalue weighted by molar-refractivity contribution is 6.30. The number of halogens is 2. The van der Waals surface area contributed by atoms with Crippen LogP contribution in [0.15, 0.2) is 18.2 Å². The number of anilines is 1. The van der Waals surface area contributed by atoms with Crippen molar-refractivity contribution in [2.75, 3.05) is 18.5 Å². The number of ketones is 1. The summed E-state index contributed by atoms with van der Waals surface area (Å²) in [5.41, 5.74) is -0.158. The number of hydrogen-bond donors (Lipinski definition) is 1. The molecular formula is C17H18ClFN2O6. The standard InChI is InChI=1S/C17H18ClFN2O6/c1-9-4-15(22)11(12(9)7-21(25)26)6-17(24)27-8-16(23)20-14-5-10(18)2-3-13(14)19/h2-3,5,9,11-12H,4,6-8H2,1H3,(H,20,23)/t9-,11-,12+/m0/s1. The van der Waals surface area contributed by atoms with E-state index in [-0.39, 0.29) is 35.3 Å². The van der Waals surface area contributed by atoms with E-state index in [1.807, 2.05) is 0 Å². The Kier molecular flexibility index (Phi) is 6.84. The zero-order valence-corrected chi connectivity index (χ0v) is 15.2. The average molecular weight is 401 g/mol. The average Bonchev–Trinajstić information content (AvgIpc) is 2.83. The molecule has 1 fully saturated rings. The van der Waals surface area contributed by atoms with Crippen LogP contribution in [0.25, 0.3) is 0 Å². The highest BCUT2D eigenvalue weighted by Gasteiger charge is 2.44. The Morgan fingerprint density at radius 3 is 2.81 bits per heavy atom. The van der Waals surface area contributed by atoms with Gasteiger partial charge in [0.05, 0.1) is 12.1 Å². The number of carbonyl (C=O) groups excluding carboxylic acids is 3. The Bertz CT molecular complexity index is 772. The maximum absolute atomic E-state index is 13.6. The summed E-state index contributed by atoms with van der Waals surface area (Å²) in [6.45, 7) is 0.644. The zero-order valence-electron chi connectivity index (χ0n) is 14.4. The second kappa shape index (κ2) is 8.90. The zero-order chi connectivity index (χ0) is 20.1. The van der Waals surface area contributed by atoms with Gasteiger partial charge in [0.25, 0.3) is 5.91 Å². The number of hydrogen-bond acceptors (Lipinski definition) is 6. The molecule has 1 aromatic rings. The number of nitrogens with zero attached hydrogens (tertiary/aromatic N) is 1. The fraction of sp³-hybridized carbons (Fsp3) is 0.471. The molecule has 8 nitrogen and oxygen atoms in total. The van der Waals surface area contributed by atoms with Crippen LogP contribution >= 0.6 is 11.6 Å². The number of ether oxygens (including phenoxy) is 1. The van der Waals surface area contributed by atoms with E-state index in [0.717, 1.165) is 6.07 Å². The van der Waals surface area contributed by atoms with Crippen molar-refractivity contribution < 1.29 is 28.4 Å². The molecule has 0 radical (unpaired) electrons. The molecule has 0 spiro atoms. The molecule has 3 atom stereocenters.